The summed E-state index contributed by atoms with van der Waals surface area (Å²) < 4.78 is 50.2. The van der Waals surface area contributed by atoms with Gasteiger partial charge in [0.2, 0.25) is 0 Å². The van der Waals surface area contributed by atoms with E-state index in [0.29, 0.717) is 34.3 Å². The summed E-state index contributed by atoms with van der Waals surface area (Å²) in [4.78, 5) is 33.9. The van der Waals surface area contributed by atoms with Crippen LogP contribution in [-0.4, -0.2) is 59.7 Å². The highest BCUT2D eigenvalue weighted by Gasteiger charge is 2.34. The van der Waals surface area contributed by atoms with Crippen molar-refractivity contribution in [2.24, 2.45) is 5.73 Å². The molecule has 1 saturated carbocycles. The van der Waals surface area contributed by atoms with E-state index in [4.69, 9.17) is 4.74 Å². The quantitative estimate of drug-likeness (QED) is 0.200. The van der Waals surface area contributed by atoms with E-state index in [1.54, 1.807) is 0 Å². The molecule has 42 heavy (non-hydrogen) atoms. The Balaban J connectivity index is 0.000000748. The maximum absolute atomic E-state index is 13.1. The zero-order valence-corrected chi connectivity index (χ0v) is 22.9. The lowest BCUT2D eigenvalue weighted by Gasteiger charge is -2.15. The summed E-state index contributed by atoms with van der Waals surface area (Å²) in [7, 11) is 2.58. The van der Waals surface area contributed by atoms with Gasteiger partial charge in [-0.25, -0.2) is 29.1 Å². The Morgan fingerprint density at radius 1 is 1.10 bits per heavy atom. The summed E-state index contributed by atoms with van der Waals surface area (Å²) in [5, 5.41) is 32.3. The first-order chi connectivity index (χ1) is 19.7. The van der Waals surface area contributed by atoms with Gasteiger partial charge in [-0.2, -0.15) is 13.2 Å². The average Bonchev–Trinajstić information content (AvgIpc) is 3.67. The Bertz CT molecular complexity index is 1640. The van der Waals surface area contributed by atoms with E-state index < -0.39 is 28.9 Å². The summed E-state index contributed by atoms with van der Waals surface area (Å²) in [6, 6.07) is 4.34. The molecule has 18 heteroatoms. The number of aromatic nitrogens is 5. The molecule has 4 aromatic heterocycles. The molecule has 226 valence electrons. The number of aliphatic hydroxyl groups is 3. The number of amides is 1. The third-order valence-electron chi connectivity index (χ3n) is 6.27. The number of imidazole rings is 1. The molecule has 4 heterocycles. The molecule has 14 nitrogen and oxygen atoms in total. The van der Waals surface area contributed by atoms with Crippen LogP contribution in [0.5, 0.6) is 5.75 Å². The fourth-order valence-electron chi connectivity index (χ4n) is 4.47. The number of carbonyl (C=O) groups excluding carboxylic acids is 1. The number of nitrogens with zero attached hydrogens (tertiary/aromatic N) is 5. The Morgan fingerprint density at radius 3 is 2.31 bits per heavy atom. The molecule has 4 aromatic rings. The number of nitrogens with two attached hydrogens (primary N) is 1. The number of fused-ring (bicyclic) bond motifs is 1. The average molecular weight is 614 g/mol. The molecular weight excluding hydrogens is 587 g/mol. The highest BCUT2D eigenvalue weighted by atomic mass is 32.1. The van der Waals surface area contributed by atoms with Crippen molar-refractivity contribution in [3.05, 3.63) is 46.0 Å². The fraction of sp³-hybridized carbons (Fsp3) is 0.375. The first-order valence-electron chi connectivity index (χ1n) is 12.2. The number of carbonyl (C=O) groups is 1. The van der Waals surface area contributed by atoms with Crippen molar-refractivity contribution in [1.82, 2.24) is 24.1 Å². The SMILES string of the molecule is COC(N)=O.COc1ccc(Nc2cc3c(cn2)n(C(O)(O)O)c(=O)n3C2CCCC2)nc1-c1ncc(C(F)(F)F)s1. The first-order valence-corrected chi connectivity index (χ1v) is 13.1. The zero-order valence-electron chi connectivity index (χ0n) is 22.1. The summed E-state index contributed by atoms with van der Waals surface area (Å²) in [6.07, 6.45) is -3.58. The van der Waals surface area contributed by atoms with Gasteiger partial charge in [0, 0.05) is 12.1 Å². The normalized spacial score (nSPS) is 14.0. The summed E-state index contributed by atoms with van der Waals surface area (Å²) >= 11 is 0.428. The van der Waals surface area contributed by atoms with E-state index in [-0.39, 0.29) is 39.6 Å². The lowest BCUT2D eigenvalue weighted by Crippen LogP contribution is -2.41. The molecule has 6 N–H and O–H groups in total. The van der Waals surface area contributed by atoms with Gasteiger partial charge in [-0.3, -0.25) is 4.57 Å². The fourth-order valence-corrected chi connectivity index (χ4v) is 5.25. The van der Waals surface area contributed by atoms with Crippen LogP contribution in [0.1, 0.15) is 36.6 Å². The molecule has 0 radical (unpaired) electrons. The number of nitrogens with one attached hydrogen (secondary N) is 1. The standard InChI is InChI=1S/C22H21F3N6O5S.C2H5NO2/c1-36-14-6-7-16(29-18(14)19-27-10-15(37-19)21(23,24)25)28-17-8-12-13(9-26-17)31(22(33,34)35)20(32)30(12)11-4-2-3-5-11;1-5-2(3)4/h6-11,33-35H,2-5H2,1H3,(H,26,28,29);1H3,(H2,3,4). The Morgan fingerprint density at radius 2 is 1.76 bits per heavy atom. The maximum atomic E-state index is 13.1. The number of ether oxygens (including phenoxy) is 2. The van der Waals surface area contributed by atoms with E-state index in [2.05, 4.69) is 30.7 Å². The molecule has 1 aliphatic rings. The first kappa shape index (κ1) is 30.7. The van der Waals surface area contributed by atoms with Crippen LogP contribution in [0.2, 0.25) is 0 Å². The number of anilines is 2. The number of methoxy groups -OCH3 is 2. The highest BCUT2D eigenvalue weighted by molar-refractivity contribution is 7.15. The minimum absolute atomic E-state index is 0.000736. The van der Waals surface area contributed by atoms with Crippen LogP contribution in [-0.2, 0) is 17.0 Å². The topological polar surface area (TPSA) is 200 Å². The van der Waals surface area contributed by atoms with Crippen molar-refractivity contribution in [1.29, 1.82) is 0 Å². The van der Waals surface area contributed by atoms with Crippen molar-refractivity contribution >= 4 is 40.1 Å². The van der Waals surface area contributed by atoms with Gasteiger partial charge in [0.25, 0.3) is 0 Å². The minimum atomic E-state index is -4.54. The lowest BCUT2D eigenvalue weighted by molar-refractivity contribution is -0.374. The zero-order chi connectivity index (χ0) is 30.8. The van der Waals surface area contributed by atoms with Crippen molar-refractivity contribution in [2.75, 3.05) is 19.5 Å². The predicted molar refractivity (Wildman–Crippen MR) is 143 cm³/mol. The van der Waals surface area contributed by atoms with Gasteiger partial charge >= 0.3 is 24.1 Å². The lowest BCUT2D eigenvalue weighted by atomic mass is 10.2. The van der Waals surface area contributed by atoms with E-state index >= 15 is 0 Å². The maximum Gasteiger partial charge on any atom is 0.427 e. The van der Waals surface area contributed by atoms with Gasteiger partial charge in [-0.05, 0) is 25.0 Å². The number of hydrogen-bond acceptors (Lipinski definition) is 12. The van der Waals surface area contributed by atoms with Crippen LogP contribution in [0.4, 0.5) is 29.6 Å². The number of alkyl halides is 3. The van der Waals surface area contributed by atoms with Crippen LogP contribution < -0.4 is 21.5 Å². The van der Waals surface area contributed by atoms with Crippen molar-refractivity contribution in [2.45, 2.75) is 44.0 Å². The summed E-state index contributed by atoms with van der Waals surface area (Å²) in [5.41, 5.74) is 4.02. The smallest absolute Gasteiger partial charge is 0.427 e. The van der Waals surface area contributed by atoms with Gasteiger partial charge in [0.05, 0.1) is 37.6 Å². The highest BCUT2D eigenvalue weighted by Crippen LogP contribution is 2.39. The van der Waals surface area contributed by atoms with Gasteiger partial charge in [-0.15, -0.1) is 11.3 Å². The van der Waals surface area contributed by atoms with Crippen LogP contribution in [0.3, 0.4) is 0 Å². The number of thiazole rings is 1. The van der Waals surface area contributed by atoms with Crippen LogP contribution in [0, 0.1) is 0 Å². The third kappa shape index (κ3) is 6.46. The Hall–Kier alpha value is -4.26. The summed E-state index contributed by atoms with van der Waals surface area (Å²) in [5.74, 6) is 0.644. The molecular formula is C24H26F3N7O7S. The predicted octanol–water partition coefficient (Wildman–Crippen LogP) is 2.86. The molecule has 1 fully saturated rings. The largest absolute Gasteiger partial charge is 0.494 e. The second-order valence-corrected chi connectivity index (χ2v) is 10.0. The number of pyridine rings is 2. The molecule has 1 amide bonds. The van der Waals surface area contributed by atoms with Crippen LogP contribution >= 0.6 is 11.3 Å². The van der Waals surface area contributed by atoms with Gasteiger partial charge in [-0.1, -0.05) is 12.8 Å². The van der Waals surface area contributed by atoms with Gasteiger partial charge in [0.1, 0.15) is 33.0 Å². The van der Waals surface area contributed by atoms with Gasteiger partial charge in [0.15, 0.2) is 0 Å². The second kappa shape index (κ2) is 11.9. The Kier molecular flexibility index (Phi) is 8.71. The van der Waals surface area contributed by atoms with Crippen LogP contribution in [0.25, 0.3) is 21.7 Å². The molecule has 1 aliphatic carbocycles. The van der Waals surface area contributed by atoms with E-state index in [9.17, 15) is 38.1 Å². The van der Waals surface area contributed by atoms with E-state index in [0.717, 1.165) is 19.0 Å². The second-order valence-electron chi connectivity index (χ2n) is 9.01. The van der Waals surface area contributed by atoms with Gasteiger partial charge < -0.3 is 35.8 Å². The molecule has 0 bridgehead atoms. The molecule has 0 saturated heterocycles. The number of hydrogen-bond donors (Lipinski definition) is 5. The third-order valence-corrected chi connectivity index (χ3v) is 7.32. The minimum Gasteiger partial charge on any atom is -0.494 e. The summed E-state index contributed by atoms with van der Waals surface area (Å²) in [6.45, 7) is 0. The molecule has 5 rings (SSSR count). The molecule has 0 aliphatic heterocycles. The van der Waals surface area contributed by atoms with E-state index in [1.807, 2.05) is 0 Å². The molecule has 0 atom stereocenters. The molecule has 0 unspecified atom stereocenters. The molecule has 0 aromatic carbocycles. The Labute approximate surface area is 238 Å². The van der Waals surface area contributed by atoms with Crippen LogP contribution in [0.15, 0.2) is 35.4 Å². The number of rotatable bonds is 6. The monoisotopic (exact) mass is 613 g/mol. The van der Waals surface area contributed by atoms with Crippen molar-refractivity contribution in [3.63, 3.8) is 0 Å². The van der Waals surface area contributed by atoms with Crippen molar-refractivity contribution < 1.29 is 42.8 Å². The molecule has 0 spiro atoms. The number of halogens is 3. The van der Waals surface area contributed by atoms with Crippen molar-refractivity contribution in [3.8, 4) is 16.5 Å². The van der Waals surface area contributed by atoms with E-state index in [1.165, 1.54) is 43.2 Å². The number of primary amides is 1.